The van der Waals surface area contributed by atoms with E-state index >= 15 is 0 Å². The molecule has 0 bridgehead atoms. The summed E-state index contributed by atoms with van der Waals surface area (Å²) >= 11 is 1.23. The van der Waals surface area contributed by atoms with Crippen LogP contribution >= 0.6 is 11.8 Å². The quantitative estimate of drug-likeness (QED) is 0.474. The molecule has 0 heterocycles. The second kappa shape index (κ2) is 11.1. The van der Waals surface area contributed by atoms with Gasteiger partial charge in [-0.15, -0.1) is 0 Å². The van der Waals surface area contributed by atoms with E-state index in [9.17, 15) is 9.59 Å². The molecule has 0 aliphatic carbocycles. The van der Waals surface area contributed by atoms with Crippen molar-refractivity contribution in [1.29, 1.82) is 0 Å². The highest BCUT2D eigenvalue weighted by molar-refractivity contribution is 8.14. The summed E-state index contributed by atoms with van der Waals surface area (Å²) < 4.78 is 5.92. The topological polar surface area (TPSA) is 55.4 Å². The lowest BCUT2D eigenvalue weighted by Crippen LogP contribution is -2.42. The number of amides is 1. The monoisotopic (exact) mass is 447 g/mol. The third-order valence-electron chi connectivity index (χ3n) is 4.70. The van der Waals surface area contributed by atoms with Gasteiger partial charge in [-0.2, -0.15) is 0 Å². The SMILES string of the molecule is CC(C)(C)SC(=O)[C@H](OCc1ccccc1)[C@@H](NC(=O)c1ccccc1)c1ccccc1. The highest BCUT2D eigenvalue weighted by atomic mass is 32.2. The van der Waals surface area contributed by atoms with Crippen molar-refractivity contribution in [3.63, 3.8) is 0 Å². The van der Waals surface area contributed by atoms with E-state index < -0.39 is 12.1 Å². The zero-order valence-electron chi connectivity index (χ0n) is 18.7. The van der Waals surface area contributed by atoms with E-state index in [4.69, 9.17) is 4.74 Å². The fourth-order valence-corrected chi connectivity index (χ4v) is 4.15. The van der Waals surface area contributed by atoms with Crippen molar-refractivity contribution in [2.75, 3.05) is 0 Å². The Morgan fingerprint density at radius 1 is 0.844 bits per heavy atom. The van der Waals surface area contributed by atoms with Gasteiger partial charge in [-0.05, 0) is 23.3 Å². The van der Waals surface area contributed by atoms with Crippen LogP contribution in [0.5, 0.6) is 0 Å². The number of hydrogen-bond acceptors (Lipinski definition) is 4. The summed E-state index contributed by atoms with van der Waals surface area (Å²) in [6, 6.07) is 27.6. The Morgan fingerprint density at radius 2 is 1.38 bits per heavy atom. The lowest BCUT2D eigenvalue weighted by Gasteiger charge is -2.29. The number of ether oxygens (including phenoxy) is 1. The molecular weight excluding hydrogens is 418 g/mol. The summed E-state index contributed by atoms with van der Waals surface area (Å²) in [4.78, 5) is 26.4. The van der Waals surface area contributed by atoms with Gasteiger partial charge >= 0.3 is 0 Å². The Hall–Kier alpha value is -2.89. The molecule has 1 N–H and O–H groups in total. The number of hydrogen-bond donors (Lipinski definition) is 1. The van der Waals surface area contributed by atoms with Gasteiger partial charge in [0.2, 0.25) is 5.12 Å². The Balaban J connectivity index is 1.93. The normalized spacial score (nSPS) is 13.2. The first-order chi connectivity index (χ1) is 15.3. The number of thioether (sulfide) groups is 1. The molecule has 1 amide bonds. The minimum Gasteiger partial charge on any atom is -0.362 e. The third-order valence-corrected chi connectivity index (χ3v) is 5.74. The molecule has 0 unspecified atom stereocenters. The molecule has 2 atom stereocenters. The van der Waals surface area contributed by atoms with E-state index in [2.05, 4.69) is 5.32 Å². The van der Waals surface area contributed by atoms with Gasteiger partial charge in [-0.1, -0.05) is 111 Å². The predicted molar refractivity (Wildman–Crippen MR) is 130 cm³/mol. The molecule has 0 radical (unpaired) electrons. The summed E-state index contributed by atoms with van der Waals surface area (Å²) in [7, 11) is 0. The average Bonchev–Trinajstić information content (AvgIpc) is 2.79. The van der Waals surface area contributed by atoms with Crippen molar-refractivity contribution in [3.05, 3.63) is 108 Å². The van der Waals surface area contributed by atoms with Gasteiger partial charge in [0.05, 0.1) is 12.6 Å². The standard InChI is InChI=1S/C27H29NO3S/c1-27(2,3)32-26(30)24(31-19-20-13-7-4-8-14-20)23(21-15-9-5-10-16-21)28-25(29)22-17-11-6-12-18-22/h4-18,23-24H,19H2,1-3H3,(H,28,29)/t23-,24+/m0/s1. The van der Waals surface area contributed by atoms with Crippen LogP contribution in [-0.2, 0) is 16.1 Å². The first-order valence-corrected chi connectivity index (χ1v) is 11.4. The molecule has 32 heavy (non-hydrogen) atoms. The van der Waals surface area contributed by atoms with Crippen molar-refractivity contribution in [1.82, 2.24) is 5.32 Å². The minimum absolute atomic E-state index is 0.115. The van der Waals surface area contributed by atoms with E-state index in [1.54, 1.807) is 12.1 Å². The van der Waals surface area contributed by atoms with Gasteiger partial charge in [0.25, 0.3) is 5.91 Å². The first-order valence-electron chi connectivity index (χ1n) is 10.6. The van der Waals surface area contributed by atoms with Crippen LogP contribution in [0.4, 0.5) is 0 Å². The molecule has 0 saturated carbocycles. The van der Waals surface area contributed by atoms with E-state index in [1.807, 2.05) is 99.6 Å². The van der Waals surface area contributed by atoms with E-state index in [0.717, 1.165) is 11.1 Å². The van der Waals surface area contributed by atoms with E-state index in [1.165, 1.54) is 11.8 Å². The summed E-state index contributed by atoms with van der Waals surface area (Å²) in [5.41, 5.74) is 2.32. The van der Waals surface area contributed by atoms with E-state index in [0.29, 0.717) is 5.56 Å². The zero-order valence-corrected chi connectivity index (χ0v) is 19.5. The van der Waals surface area contributed by atoms with Crippen molar-refractivity contribution < 1.29 is 14.3 Å². The van der Waals surface area contributed by atoms with Crippen LogP contribution in [0.2, 0.25) is 0 Å². The van der Waals surface area contributed by atoms with Crippen LogP contribution in [0, 0.1) is 0 Å². The lowest BCUT2D eigenvalue weighted by atomic mass is 10.0. The van der Waals surface area contributed by atoms with Gasteiger partial charge < -0.3 is 10.1 Å². The largest absolute Gasteiger partial charge is 0.362 e. The maximum Gasteiger partial charge on any atom is 0.251 e. The van der Waals surface area contributed by atoms with Crippen LogP contribution < -0.4 is 5.32 Å². The Labute approximate surface area is 194 Å². The van der Waals surface area contributed by atoms with Crippen molar-refractivity contribution >= 4 is 22.8 Å². The van der Waals surface area contributed by atoms with Crippen LogP contribution in [0.25, 0.3) is 0 Å². The molecule has 0 spiro atoms. The molecule has 0 fully saturated rings. The summed E-state index contributed by atoms with van der Waals surface area (Å²) in [6.45, 7) is 6.24. The third kappa shape index (κ3) is 7.08. The number of carbonyl (C=O) groups excluding carboxylic acids is 2. The van der Waals surface area contributed by atoms with E-state index in [-0.39, 0.29) is 22.4 Å². The zero-order chi connectivity index (χ0) is 23.0. The number of nitrogens with one attached hydrogen (secondary N) is 1. The van der Waals surface area contributed by atoms with Crippen LogP contribution in [0.1, 0.15) is 48.3 Å². The number of benzene rings is 3. The average molecular weight is 448 g/mol. The van der Waals surface area contributed by atoms with Crippen molar-refractivity contribution in [2.24, 2.45) is 0 Å². The second-order valence-corrected chi connectivity index (χ2v) is 10.3. The maximum atomic E-state index is 13.4. The first kappa shape index (κ1) is 23.8. The molecule has 5 heteroatoms. The maximum absolute atomic E-state index is 13.4. The molecule has 0 aliphatic heterocycles. The molecule has 0 saturated heterocycles. The van der Waals surface area contributed by atoms with Gasteiger partial charge in [0.15, 0.2) is 6.10 Å². The van der Waals surface area contributed by atoms with Gasteiger partial charge in [-0.25, -0.2) is 0 Å². The van der Waals surface area contributed by atoms with Crippen LogP contribution in [-0.4, -0.2) is 21.9 Å². The van der Waals surface area contributed by atoms with Gasteiger partial charge in [0.1, 0.15) is 0 Å². The Morgan fingerprint density at radius 3 is 1.94 bits per heavy atom. The molecule has 0 aromatic heterocycles. The Bertz CT molecular complexity index is 1000. The van der Waals surface area contributed by atoms with Crippen LogP contribution in [0.3, 0.4) is 0 Å². The molecule has 4 nitrogen and oxygen atoms in total. The van der Waals surface area contributed by atoms with Gasteiger partial charge in [0, 0.05) is 10.3 Å². The highest BCUT2D eigenvalue weighted by Gasteiger charge is 2.34. The molecular formula is C27H29NO3S. The summed E-state index contributed by atoms with van der Waals surface area (Å²) in [6.07, 6.45) is -0.852. The number of carbonyl (C=O) groups is 2. The fourth-order valence-electron chi connectivity index (χ4n) is 3.23. The molecule has 3 aromatic carbocycles. The van der Waals surface area contributed by atoms with Crippen LogP contribution in [0.15, 0.2) is 91.0 Å². The molecule has 0 aliphatic rings. The second-order valence-electron chi connectivity index (χ2n) is 8.48. The number of rotatable bonds is 8. The summed E-state index contributed by atoms with van der Waals surface area (Å²) in [5, 5.41) is 2.94. The van der Waals surface area contributed by atoms with Crippen molar-refractivity contribution in [2.45, 2.75) is 44.3 Å². The predicted octanol–water partition coefficient (Wildman–Crippen LogP) is 5.80. The van der Waals surface area contributed by atoms with Gasteiger partial charge in [-0.3, -0.25) is 9.59 Å². The minimum atomic E-state index is -0.852. The smallest absolute Gasteiger partial charge is 0.251 e. The fraction of sp³-hybridized carbons (Fsp3) is 0.259. The molecule has 3 rings (SSSR count). The highest BCUT2D eigenvalue weighted by Crippen LogP contribution is 2.31. The lowest BCUT2D eigenvalue weighted by molar-refractivity contribution is -0.124. The molecule has 166 valence electrons. The van der Waals surface area contributed by atoms with Crippen molar-refractivity contribution in [3.8, 4) is 0 Å². The molecule has 3 aromatic rings. The Kier molecular flexibility index (Phi) is 8.26. The summed E-state index contributed by atoms with van der Waals surface area (Å²) in [5.74, 6) is -0.249.